The van der Waals surface area contributed by atoms with Gasteiger partial charge >= 0.3 is 0 Å². The van der Waals surface area contributed by atoms with Gasteiger partial charge in [0.2, 0.25) is 0 Å². The number of hydrogen-bond donors (Lipinski definition) is 1. The first-order chi connectivity index (χ1) is 9.38. The highest BCUT2D eigenvalue weighted by atomic mass is 16.5. The molecule has 2 atom stereocenters. The molecule has 114 valence electrons. The molecule has 2 unspecified atom stereocenters. The molecular weight excluding hydrogens is 242 g/mol. The predicted molar refractivity (Wildman–Crippen MR) is 77.6 cm³/mol. The van der Waals surface area contributed by atoms with Crippen LogP contribution in [0.5, 0.6) is 0 Å². The minimum absolute atomic E-state index is 0.675. The zero-order valence-electron chi connectivity index (χ0n) is 12.7. The van der Waals surface area contributed by atoms with Crippen LogP contribution in [0.3, 0.4) is 0 Å². The van der Waals surface area contributed by atoms with Crippen LogP contribution < -0.4 is 5.32 Å². The molecule has 1 N–H and O–H groups in total. The summed E-state index contributed by atoms with van der Waals surface area (Å²) in [6.45, 7) is 7.11. The second kappa shape index (κ2) is 11.6. The minimum atomic E-state index is 0.675. The van der Waals surface area contributed by atoms with Gasteiger partial charge in [-0.05, 0) is 38.1 Å². The van der Waals surface area contributed by atoms with E-state index in [2.05, 4.69) is 12.2 Å². The Balaban J connectivity index is 1.87. The summed E-state index contributed by atoms with van der Waals surface area (Å²) in [4.78, 5) is 0. The fraction of sp³-hybridized carbons (Fsp3) is 1.00. The van der Waals surface area contributed by atoms with Gasteiger partial charge in [-0.1, -0.05) is 13.3 Å². The molecule has 1 fully saturated rings. The van der Waals surface area contributed by atoms with Crippen molar-refractivity contribution in [3.8, 4) is 0 Å². The van der Waals surface area contributed by atoms with Crippen molar-refractivity contribution in [1.29, 1.82) is 0 Å². The Hall–Kier alpha value is -0.160. The standard InChI is InChI=1S/C15H31NO3/c1-3-16-15-7-4-6-14(15)8-11-18-9-5-10-19-13-12-17-2/h14-16H,3-13H2,1-2H3. The van der Waals surface area contributed by atoms with E-state index in [1.165, 1.54) is 25.7 Å². The topological polar surface area (TPSA) is 39.7 Å². The predicted octanol–water partition coefficient (Wildman–Crippen LogP) is 2.22. The van der Waals surface area contributed by atoms with Crippen molar-refractivity contribution in [2.75, 3.05) is 46.7 Å². The van der Waals surface area contributed by atoms with Crippen LogP contribution >= 0.6 is 0 Å². The van der Waals surface area contributed by atoms with Crippen molar-refractivity contribution in [2.45, 2.75) is 45.1 Å². The molecule has 0 heterocycles. The van der Waals surface area contributed by atoms with E-state index in [4.69, 9.17) is 14.2 Å². The summed E-state index contributed by atoms with van der Waals surface area (Å²) in [5, 5.41) is 3.59. The molecule has 0 saturated heterocycles. The van der Waals surface area contributed by atoms with Crippen molar-refractivity contribution in [3.63, 3.8) is 0 Å². The van der Waals surface area contributed by atoms with Gasteiger partial charge in [-0.25, -0.2) is 0 Å². The Morgan fingerprint density at radius 2 is 1.79 bits per heavy atom. The molecule has 0 amide bonds. The Morgan fingerprint density at radius 1 is 1.00 bits per heavy atom. The normalized spacial score (nSPS) is 23.1. The first kappa shape index (κ1) is 16.9. The molecule has 1 aliphatic rings. The van der Waals surface area contributed by atoms with Crippen molar-refractivity contribution in [3.05, 3.63) is 0 Å². The molecule has 0 aliphatic heterocycles. The first-order valence-electron chi connectivity index (χ1n) is 7.76. The molecule has 4 heteroatoms. The van der Waals surface area contributed by atoms with Gasteiger partial charge in [-0.2, -0.15) is 0 Å². The van der Waals surface area contributed by atoms with Gasteiger partial charge in [-0.15, -0.1) is 0 Å². The fourth-order valence-corrected chi connectivity index (χ4v) is 2.76. The molecule has 0 spiro atoms. The van der Waals surface area contributed by atoms with E-state index in [9.17, 15) is 0 Å². The zero-order valence-corrected chi connectivity index (χ0v) is 12.7. The van der Waals surface area contributed by atoms with Crippen LogP contribution in [0.1, 0.15) is 39.0 Å². The van der Waals surface area contributed by atoms with Crippen LogP contribution in [0.25, 0.3) is 0 Å². The summed E-state index contributed by atoms with van der Waals surface area (Å²) in [7, 11) is 1.69. The lowest BCUT2D eigenvalue weighted by molar-refractivity contribution is 0.0489. The number of rotatable bonds is 12. The summed E-state index contributed by atoms with van der Waals surface area (Å²) < 4.78 is 16.0. The van der Waals surface area contributed by atoms with Crippen LogP contribution in [0, 0.1) is 5.92 Å². The van der Waals surface area contributed by atoms with E-state index in [0.29, 0.717) is 13.2 Å². The molecule has 1 rings (SSSR count). The third-order valence-electron chi connectivity index (χ3n) is 3.77. The Kier molecular flexibility index (Phi) is 10.4. The molecule has 1 saturated carbocycles. The van der Waals surface area contributed by atoms with E-state index < -0.39 is 0 Å². The van der Waals surface area contributed by atoms with E-state index in [-0.39, 0.29) is 0 Å². The van der Waals surface area contributed by atoms with E-state index in [0.717, 1.165) is 44.7 Å². The smallest absolute Gasteiger partial charge is 0.0700 e. The van der Waals surface area contributed by atoms with E-state index in [1.807, 2.05) is 0 Å². The summed E-state index contributed by atoms with van der Waals surface area (Å²) in [6, 6.07) is 0.728. The highest BCUT2D eigenvalue weighted by molar-refractivity contribution is 4.82. The molecule has 0 aromatic rings. The number of nitrogens with one attached hydrogen (secondary N) is 1. The van der Waals surface area contributed by atoms with Crippen molar-refractivity contribution >= 4 is 0 Å². The van der Waals surface area contributed by atoms with Crippen molar-refractivity contribution < 1.29 is 14.2 Å². The molecule has 0 bridgehead atoms. The second-order valence-electron chi connectivity index (χ2n) is 5.21. The summed E-state index contributed by atoms with van der Waals surface area (Å²) in [5.74, 6) is 0.818. The van der Waals surface area contributed by atoms with Gasteiger partial charge in [0, 0.05) is 33.0 Å². The molecule has 0 aromatic heterocycles. The SMILES string of the molecule is CCNC1CCCC1CCOCCCOCCOC. The maximum Gasteiger partial charge on any atom is 0.0700 e. The lowest BCUT2D eigenvalue weighted by atomic mass is 10.00. The monoisotopic (exact) mass is 273 g/mol. The van der Waals surface area contributed by atoms with Gasteiger partial charge in [0.25, 0.3) is 0 Å². The van der Waals surface area contributed by atoms with Crippen LogP contribution in [0.2, 0.25) is 0 Å². The average molecular weight is 273 g/mol. The quantitative estimate of drug-likeness (QED) is 0.554. The molecule has 0 radical (unpaired) electrons. The van der Waals surface area contributed by atoms with Gasteiger partial charge in [0.1, 0.15) is 0 Å². The van der Waals surface area contributed by atoms with Crippen LogP contribution in [-0.2, 0) is 14.2 Å². The second-order valence-corrected chi connectivity index (χ2v) is 5.21. The minimum Gasteiger partial charge on any atom is -0.382 e. The number of methoxy groups -OCH3 is 1. The van der Waals surface area contributed by atoms with Gasteiger partial charge in [0.15, 0.2) is 0 Å². The largest absolute Gasteiger partial charge is 0.382 e. The first-order valence-corrected chi connectivity index (χ1v) is 7.76. The van der Waals surface area contributed by atoms with Crippen molar-refractivity contribution in [2.24, 2.45) is 5.92 Å². The number of ether oxygens (including phenoxy) is 3. The summed E-state index contributed by atoms with van der Waals surface area (Å²) in [5.41, 5.74) is 0. The van der Waals surface area contributed by atoms with Gasteiger partial charge in [-0.3, -0.25) is 0 Å². The summed E-state index contributed by atoms with van der Waals surface area (Å²) >= 11 is 0. The zero-order chi connectivity index (χ0) is 13.8. The third kappa shape index (κ3) is 7.88. The fourth-order valence-electron chi connectivity index (χ4n) is 2.76. The van der Waals surface area contributed by atoms with Crippen LogP contribution in [-0.4, -0.2) is 52.7 Å². The molecular formula is C15H31NO3. The third-order valence-corrected chi connectivity index (χ3v) is 3.77. The highest BCUT2D eigenvalue weighted by Crippen LogP contribution is 2.28. The average Bonchev–Trinajstić information content (AvgIpc) is 2.85. The van der Waals surface area contributed by atoms with Gasteiger partial charge in [0.05, 0.1) is 13.2 Å². The van der Waals surface area contributed by atoms with E-state index >= 15 is 0 Å². The Labute approximate surface area is 118 Å². The maximum atomic E-state index is 5.69. The molecule has 1 aliphatic carbocycles. The summed E-state index contributed by atoms with van der Waals surface area (Å²) in [6.07, 6.45) is 6.25. The number of hydrogen-bond acceptors (Lipinski definition) is 4. The van der Waals surface area contributed by atoms with Crippen LogP contribution in [0.15, 0.2) is 0 Å². The lowest BCUT2D eigenvalue weighted by Crippen LogP contribution is -2.32. The van der Waals surface area contributed by atoms with Crippen molar-refractivity contribution in [1.82, 2.24) is 5.32 Å². The van der Waals surface area contributed by atoms with Gasteiger partial charge < -0.3 is 19.5 Å². The maximum absolute atomic E-state index is 5.69. The molecule has 0 aromatic carbocycles. The Morgan fingerprint density at radius 3 is 2.53 bits per heavy atom. The van der Waals surface area contributed by atoms with E-state index in [1.54, 1.807) is 7.11 Å². The molecule has 4 nitrogen and oxygen atoms in total. The van der Waals surface area contributed by atoms with Crippen LogP contribution in [0.4, 0.5) is 0 Å². The Bertz CT molecular complexity index is 202. The lowest BCUT2D eigenvalue weighted by Gasteiger charge is -2.20. The molecule has 19 heavy (non-hydrogen) atoms. The highest BCUT2D eigenvalue weighted by Gasteiger charge is 2.25.